The summed E-state index contributed by atoms with van der Waals surface area (Å²) >= 11 is 1.09. The first-order valence-electron chi connectivity index (χ1n) is 7.13. The number of fused-ring (bicyclic) bond motifs is 1. The van der Waals surface area contributed by atoms with Gasteiger partial charge in [0.1, 0.15) is 5.00 Å². The van der Waals surface area contributed by atoms with Crippen LogP contribution in [0, 0.1) is 5.92 Å². The topological polar surface area (TPSA) is 83.5 Å². The molecule has 0 radical (unpaired) electrons. The summed E-state index contributed by atoms with van der Waals surface area (Å²) in [6.07, 6.45) is 4.12. The quantitative estimate of drug-likeness (QED) is 0.873. The molecule has 1 atom stereocenters. The number of ketones is 1. The van der Waals surface area contributed by atoms with E-state index in [-0.39, 0.29) is 28.2 Å². The molecule has 0 aliphatic heterocycles. The molecule has 1 aromatic rings. The van der Waals surface area contributed by atoms with Crippen LogP contribution >= 0.6 is 11.3 Å². The van der Waals surface area contributed by atoms with Crippen LogP contribution in [0.2, 0.25) is 0 Å². The molecule has 1 unspecified atom stereocenters. The summed E-state index contributed by atoms with van der Waals surface area (Å²) in [5.41, 5.74) is 0.702. The van der Waals surface area contributed by atoms with Crippen molar-refractivity contribution in [2.24, 2.45) is 5.92 Å². The maximum Gasteiger partial charge on any atom is 0.339 e. The van der Waals surface area contributed by atoms with Crippen molar-refractivity contribution in [3.05, 3.63) is 16.0 Å². The molecular weight excluding hydrogens is 290 g/mol. The number of aromatic carboxylic acids is 1. The third-order valence-corrected chi connectivity index (χ3v) is 4.89. The molecule has 0 fully saturated rings. The Labute approximate surface area is 127 Å². The zero-order valence-electron chi connectivity index (χ0n) is 12.2. The number of hydrogen-bond donors (Lipinski definition) is 2. The second-order valence-corrected chi connectivity index (χ2v) is 6.46. The molecule has 0 bridgehead atoms. The first-order chi connectivity index (χ1) is 9.93. The number of carbonyl (C=O) groups excluding carboxylic acids is 2. The highest BCUT2D eigenvalue weighted by molar-refractivity contribution is 7.18. The fourth-order valence-corrected chi connectivity index (χ4v) is 3.99. The van der Waals surface area contributed by atoms with E-state index < -0.39 is 5.97 Å². The van der Waals surface area contributed by atoms with E-state index in [9.17, 15) is 19.5 Å². The molecular formula is C15H19NO4S. The van der Waals surface area contributed by atoms with E-state index in [1.807, 2.05) is 0 Å². The van der Waals surface area contributed by atoms with Crippen molar-refractivity contribution in [2.75, 3.05) is 5.32 Å². The molecule has 1 amide bonds. The lowest BCUT2D eigenvalue weighted by Crippen LogP contribution is -2.20. The van der Waals surface area contributed by atoms with Crippen LogP contribution in [0.5, 0.6) is 0 Å². The normalized spacial score (nSPS) is 17.4. The number of thiophene rings is 1. The van der Waals surface area contributed by atoms with E-state index in [2.05, 4.69) is 12.2 Å². The SMILES string of the molecule is CCCCC1CC(=O)c2sc(NC(C)=O)c(C(=O)O)c2C1. The number of carboxylic acid groups (broad SMARTS) is 1. The van der Waals surface area contributed by atoms with Crippen LogP contribution in [0.1, 0.15) is 65.1 Å². The van der Waals surface area contributed by atoms with Gasteiger partial charge in [0.25, 0.3) is 0 Å². The number of hydrogen-bond acceptors (Lipinski definition) is 4. The Hall–Kier alpha value is -1.69. The van der Waals surface area contributed by atoms with Gasteiger partial charge >= 0.3 is 5.97 Å². The predicted molar refractivity (Wildman–Crippen MR) is 81.2 cm³/mol. The Kier molecular flexibility index (Phi) is 4.77. The molecule has 2 N–H and O–H groups in total. The lowest BCUT2D eigenvalue weighted by atomic mass is 9.83. The number of amides is 1. The fourth-order valence-electron chi connectivity index (χ4n) is 2.77. The average Bonchev–Trinajstić information content (AvgIpc) is 2.74. The van der Waals surface area contributed by atoms with Gasteiger partial charge in [-0.15, -0.1) is 11.3 Å². The molecule has 0 saturated carbocycles. The van der Waals surface area contributed by atoms with Crippen LogP contribution in [0.4, 0.5) is 5.00 Å². The minimum Gasteiger partial charge on any atom is -0.478 e. The zero-order valence-corrected chi connectivity index (χ0v) is 13.0. The van der Waals surface area contributed by atoms with Crippen LogP contribution in [-0.2, 0) is 11.2 Å². The molecule has 0 saturated heterocycles. The van der Waals surface area contributed by atoms with Crippen molar-refractivity contribution in [1.29, 1.82) is 0 Å². The van der Waals surface area contributed by atoms with E-state index >= 15 is 0 Å². The highest BCUT2D eigenvalue weighted by Gasteiger charge is 2.33. The largest absolute Gasteiger partial charge is 0.478 e. The number of carboxylic acids is 1. The fraction of sp³-hybridized carbons (Fsp3) is 0.533. The van der Waals surface area contributed by atoms with Gasteiger partial charge in [-0.05, 0) is 24.3 Å². The van der Waals surface area contributed by atoms with Crippen molar-refractivity contribution in [2.45, 2.75) is 46.0 Å². The van der Waals surface area contributed by atoms with Gasteiger partial charge < -0.3 is 10.4 Å². The Morgan fingerprint density at radius 2 is 2.10 bits per heavy atom. The van der Waals surface area contributed by atoms with Crippen LogP contribution in [-0.4, -0.2) is 22.8 Å². The number of Topliss-reactive ketones (excluding diaryl/α,β-unsaturated/α-hetero) is 1. The summed E-state index contributed by atoms with van der Waals surface area (Å²) in [4.78, 5) is 35.5. The van der Waals surface area contributed by atoms with Gasteiger partial charge in [0.05, 0.1) is 10.4 Å². The lowest BCUT2D eigenvalue weighted by Gasteiger charge is -2.21. The molecule has 0 aromatic carbocycles. The Balaban J connectivity index is 2.38. The standard InChI is InChI=1S/C15H19NO4S/c1-3-4-5-9-6-10-12(15(19)20)14(16-8(2)17)21-13(10)11(18)7-9/h9H,3-7H2,1-2H3,(H,16,17)(H,19,20). The monoisotopic (exact) mass is 309 g/mol. The predicted octanol–water partition coefficient (Wildman–Crippen LogP) is 3.34. The molecule has 1 aliphatic rings. The molecule has 1 aliphatic carbocycles. The van der Waals surface area contributed by atoms with Gasteiger partial charge in [-0.2, -0.15) is 0 Å². The van der Waals surface area contributed by atoms with Crippen LogP contribution in [0.25, 0.3) is 0 Å². The van der Waals surface area contributed by atoms with Gasteiger partial charge in [-0.1, -0.05) is 19.8 Å². The second-order valence-electron chi connectivity index (χ2n) is 5.44. The van der Waals surface area contributed by atoms with Crippen molar-refractivity contribution in [1.82, 2.24) is 0 Å². The number of nitrogens with one attached hydrogen (secondary N) is 1. The summed E-state index contributed by atoms with van der Waals surface area (Å²) in [5, 5.41) is 12.2. The molecule has 5 nitrogen and oxygen atoms in total. The Morgan fingerprint density at radius 1 is 1.38 bits per heavy atom. The van der Waals surface area contributed by atoms with E-state index in [0.717, 1.165) is 30.6 Å². The smallest absolute Gasteiger partial charge is 0.339 e. The molecule has 1 heterocycles. The van der Waals surface area contributed by atoms with Gasteiger partial charge in [-0.25, -0.2) is 4.79 Å². The molecule has 114 valence electrons. The van der Waals surface area contributed by atoms with Crippen molar-refractivity contribution in [3.8, 4) is 0 Å². The van der Waals surface area contributed by atoms with E-state index in [1.165, 1.54) is 6.92 Å². The summed E-state index contributed by atoms with van der Waals surface area (Å²) < 4.78 is 0. The number of carbonyl (C=O) groups is 3. The minimum absolute atomic E-state index is 0.00135. The van der Waals surface area contributed by atoms with Crippen molar-refractivity contribution in [3.63, 3.8) is 0 Å². The first kappa shape index (κ1) is 15.7. The number of rotatable bonds is 5. The zero-order chi connectivity index (χ0) is 15.6. The summed E-state index contributed by atoms with van der Waals surface area (Å²) in [7, 11) is 0. The van der Waals surface area contributed by atoms with E-state index in [0.29, 0.717) is 23.3 Å². The maximum absolute atomic E-state index is 12.2. The van der Waals surface area contributed by atoms with Gasteiger partial charge in [-0.3, -0.25) is 9.59 Å². The van der Waals surface area contributed by atoms with Gasteiger partial charge in [0, 0.05) is 13.3 Å². The second kappa shape index (κ2) is 6.39. The molecule has 1 aromatic heterocycles. The highest BCUT2D eigenvalue weighted by atomic mass is 32.1. The average molecular weight is 309 g/mol. The Bertz CT molecular complexity index is 591. The van der Waals surface area contributed by atoms with Crippen LogP contribution in [0.15, 0.2) is 0 Å². The van der Waals surface area contributed by atoms with Gasteiger partial charge in [0.2, 0.25) is 5.91 Å². The highest BCUT2D eigenvalue weighted by Crippen LogP contribution is 2.40. The number of anilines is 1. The Morgan fingerprint density at radius 3 is 2.67 bits per heavy atom. The van der Waals surface area contributed by atoms with E-state index in [1.54, 1.807) is 0 Å². The van der Waals surface area contributed by atoms with E-state index in [4.69, 9.17) is 0 Å². The third kappa shape index (κ3) is 3.32. The van der Waals surface area contributed by atoms with Crippen LogP contribution in [0.3, 0.4) is 0 Å². The summed E-state index contributed by atoms with van der Waals surface area (Å²) in [6, 6.07) is 0. The lowest BCUT2D eigenvalue weighted by molar-refractivity contribution is -0.114. The first-order valence-corrected chi connectivity index (χ1v) is 7.95. The van der Waals surface area contributed by atoms with Crippen LogP contribution < -0.4 is 5.32 Å². The minimum atomic E-state index is -1.08. The molecule has 6 heteroatoms. The van der Waals surface area contributed by atoms with Crippen molar-refractivity contribution >= 4 is 34.0 Å². The molecule has 21 heavy (non-hydrogen) atoms. The van der Waals surface area contributed by atoms with Crippen molar-refractivity contribution < 1.29 is 19.5 Å². The van der Waals surface area contributed by atoms with Gasteiger partial charge in [0.15, 0.2) is 5.78 Å². The third-order valence-electron chi connectivity index (χ3n) is 3.70. The maximum atomic E-state index is 12.2. The summed E-state index contributed by atoms with van der Waals surface area (Å²) in [5.74, 6) is -1.20. The molecule has 2 rings (SSSR count). The number of unbranched alkanes of at least 4 members (excludes halogenated alkanes) is 1. The molecule has 0 spiro atoms. The summed E-state index contributed by atoms with van der Waals surface area (Å²) in [6.45, 7) is 3.43.